The molecule has 1 aliphatic rings. The maximum Gasteiger partial charge on any atom is 0.238 e. The number of nitrogens with one attached hydrogen (secondary N) is 1. The second-order valence-corrected chi connectivity index (χ2v) is 7.13. The zero-order valence-electron chi connectivity index (χ0n) is 15.6. The summed E-state index contributed by atoms with van der Waals surface area (Å²) in [6, 6.07) is 5.70. The van der Waals surface area contributed by atoms with E-state index in [9.17, 15) is 14.3 Å². The number of benzene rings is 1. The molecule has 0 radical (unpaired) electrons. The molecule has 0 spiro atoms. The number of aromatic nitrogens is 2. The molecule has 1 aliphatic heterocycles. The van der Waals surface area contributed by atoms with Crippen LogP contribution in [0.3, 0.4) is 0 Å². The lowest BCUT2D eigenvalue weighted by molar-refractivity contribution is -0.119. The average molecular weight is 376 g/mol. The van der Waals surface area contributed by atoms with Crippen LogP contribution in [0, 0.1) is 12.7 Å². The standard InChI is InChI=1S/C19H25FN4O3/c1-14-17(10-23(2)22-14)21-18(25)11-24-9-3-8-19(26,12-24)13-27-16-6-4-15(20)5-7-16/h4-7,10,26H,3,8-9,11-13H2,1-2H3,(H,21,25). The van der Waals surface area contributed by atoms with E-state index in [4.69, 9.17) is 4.74 Å². The van der Waals surface area contributed by atoms with Gasteiger partial charge in [0.25, 0.3) is 0 Å². The van der Waals surface area contributed by atoms with Crippen molar-refractivity contribution >= 4 is 11.6 Å². The van der Waals surface area contributed by atoms with Crippen molar-refractivity contribution < 1.29 is 19.0 Å². The number of carbonyl (C=O) groups excluding carboxylic acids is 1. The lowest BCUT2D eigenvalue weighted by Gasteiger charge is -2.38. The number of hydrogen-bond acceptors (Lipinski definition) is 5. The van der Waals surface area contributed by atoms with Crippen molar-refractivity contribution in [1.29, 1.82) is 0 Å². The Kier molecular flexibility index (Phi) is 5.76. The lowest BCUT2D eigenvalue weighted by Crippen LogP contribution is -2.53. The number of piperidine rings is 1. The van der Waals surface area contributed by atoms with Crippen LogP contribution in [0.1, 0.15) is 18.5 Å². The predicted octanol–water partition coefficient (Wildman–Crippen LogP) is 1.71. The van der Waals surface area contributed by atoms with Crippen LogP contribution in [0.4, 0.5) is 10.1 Å². The number of β-amino-alcohol motifs (C(OH)–C–C–N with tert-alkyl or cyclic N) is 1. The number of anilines is 1. The molecule has 1 fully saturated rings. The van der Waals surface area contributed by atoms with Crippen molar-refractivity contribution in [3.63, 3.8) is 0 Å². The predicted molar refractivity (Wildman–Crippen MR) is 99.1 cm³/mol. The molecule has 1 aromatic carbocycles. The molecule has 0 saturated carbocycles. The first-order valence-electron chi connectivity index (χ1n) is 8.96. The molecule has 1 unspecified atom stereocenters. The van der Waals surface area contributed by atoms with Crippen LogP contribution in [0.5, 0.6) is 5.75 Å². The zero-order valence-corrected chi connectivity index (χ0v) is 15.6. The highest BCUT2D eigenvalue weighted by Crippen LogP contribution is 2.23. The summed E-state index contributed by atoms with van der Waals surface area (Å²) in [7, 11) is 1.80. The summed E-state index contributed by atoms with van der Waals surface area (Å²) in [5, 5.41) is 17.9. The van der Waals surface area contributed by atoms with Gasteiger partial charge < -0.3 is 15.2 Å². The van der Waals surface area contributed by atoms with E-state index in [0.717, 1.165) is 18.7 Å². The Labute approximate surface area is 157 Å². The molecule has 0 aliphatic carbocycles. The summed E-state index contributed by atoms with van der Waals surface area (Å²) in [4.78, 5) is 14.2. The van der Waals surface area contributed by atoms with E-state index in [0.29, 0.717) is 24.4 Å². The second kappa shape index (κ2) is 8.06. The molecule has 1 amide bonds. The summed E-state index contributed by atoms with van der Waals surface area (Å²) in [6.45, 7) is 3.19. The highest BCUT2D eigenvalue weighted by Gasteiger charge is 2.34. The quantitative estimate of drug-likeness (QED) is 0.802. The number of halogens is 1. The van der Waals surface area contributed by atoms with Crippen molar-refractivity contribution in [1.82, 2.24) is 14.7 Å². The Bertz CT molecular complexity index is 793. The van der Waals surface area contributed by atoms with E-state index in [2.05, 4.69) is 10.4 Å². The summed E-state index contributed by atoms with van der Waals surface area (Å²) >= 11 is 0. The number of amides is 1. The van der Waals surface area contributed by atoms with Gasteiger partial charge in [-0.15, -0.1) is 0 Å². The third kappa shape index (κ3) is 5.27. The van der Waals surface area contributed by atoms with Crippen LogP contribution in [-0.4, -0.2) is 57.5 Å². The molecule has 1 saturated heterocycles. The largest absolute Gasteiger partial charge is 0.491 e. The van der Waals surface area contributed by atoms with Gasteiger partial charge in [0.05, 0.1) is 17.9 Å². The minimum absolute atomic E-state index is 0.0957. The van der Waals surface area contributed by atoms with Crippen LogP contribution in [-0.2, 0) is 11.8 Å². The summed E-state index contributed by atoms with van der Waals surface area (Å²) in [5.41, 5.74) is 0.403. The summed E-state index contributed by atoms with van der Waals surface area (Å²) in [5.74, 6) is 0.0290. The van der Waals surface area contributed by atoms with Gasteiger partial charge in [-0.3, -0.25) is 14.4 Å². The first-order chi connectivity index (χ1) is 12.8. The molecule has 2 aromatic rings. The highest BCUT2D eigenvalue weighted by atomic mass is 19.1. The van der Waals surface area contributed by atoms with Crippen molar-refractivity contribution in [3.05, 3.63) is 42.0 Å². The van der Waals surface area contributed by atoms with Crippen LogP contribution < -0.4 is 10.1 Å². The van der Waals surface area contributed by atoms with Gasteiger partial charge in [-0.05, 0) is 50.6 Å². The van der Waals surface area contributed by atoms with Gasteiger partial charge >= 0.3 is 0 Å². The van der Waals surface area contributed by atoms with Gasteiger partial charge in [0.2, 0.25) is 5.91 Å². The SMILES string of the molecule is Cc1nn(C)cc1NC(=O)CN1CCCC(O)(COc2ccc(F)cc2)C1. The van der Waals surface area contributed by atoms with E-state index in [1.165, 1.54) is 24.3 Å². The summed E-state index contributed by atoms with van der Waals surface area (Å²) < 4.78 is 20.2. The average Bonchev–Trinajstić information content (AvgIpc) is 2.91. The van der Waals surface area contributed by atoms with Gasteiger partial charge in [0.15, 0.2) is 0 Å². The van der Waals surface area contributed by atoms with Gasteiger partial charge in [0, 0.05) is 19.8 Å². The number of ether oxygens (including phenoxy) is 1. The molecule has 27 heavy (non-hydrogen) atoms. The van der Waals surface area contributed by atoms with E-state index >= 15 is 0 Å². The normalized spacial score (nSPS) is 20.4. The van der Waals surface area contributed by atoms with Crippen molar-refractivity contribution in [3.8, 4) is 5.75 Å². The zero-order chi connectivity index (χ0) is 19.4. The fraction of sp³-hybridized carbons (Fsp3) is 0.474. The maximum absolute atomic E-state index is 13.0. The first kappa shape index (κ1) is 19.3. The molecule has 7 nitrogen and oxygen atoms in total. The molecule has 2 heterocycles. The van der Waals surface area contributed by atoms with Crippen LogP contribution in [0.15, 0.2) is 30.5 Å². The van der Waals surface area contributed by atoms with Crippen molar-refractivity contribution in [2.24, 2.45) is 7.05 Å². The fourth-order valence-corrected chi connectivity index (χ4v) is 3.32. The molecule has 1 atom stereocenters. The van der Waals surface area contributed by atoms with E-state index < -0.39 is 5.60 Å². The Morgan fingerprint density at radius 1 is 1.41 bits per heavy atom. The van der Waals surface area contributed by atoms with Gasteiger partial charge in [-0.25, -0.2) is 4.39 Å². The fourth-order valence-electron chi connectivity index (χ4n) is 3.32. The maximum atomic E-state index is 13.0. The number of nitrogens with zero attached hydrogens (tertiary/aromatic N) is 3. The number of likely N-dealkylation sites (tertiary alicyclic amines) is 1. The Balaban J connectivity index is 1.52. The van der Waals surface area contributed by atoms with Gasteiger partial charge in [-0.1, -0.05) is 0 Å². The number of rotatable bonds is 6. The van der Waals surface area contributed by atoms with Gasteiger partial charge in [-0.2, -0.15) is 5.10 Å². The lowest BCUT2D eigenvalue weighted by atomic mass is 9.93. The number of aryl methyl sites for hydroxylation is 2. The van der Waals surface area contributed by atoms with Crippen molar-refractivity contribution in [2.45, 2.75) is 25.4 Å². The topological polar surface area (TPSA) is 79.6 Å². The molecule has 2 N–H and O–H groups in total. The minimum Gasteiger partial charge on any atom is -0.491 e. The second-order valence-electron chi connectivity index (χ2n) is 7.13. The number of carbonyl (C=O) groups is 1. The highest BCUT2D eigenvalue weighted by molar-refractivity contribution is 5.92. The molecule has 0 bridgehead atoms. The molecule has 8 heteroatoms. The molecular weight excluding hydrogens is 351 g/mol. The van der Waals surface area contributed by atoms with Crippen LogP contribution in [0.25, 0.3) is 0 Å². The smallest absolute Gasteiger partial charge is 0.238 e. The Hall–Kier alpha value is -2.45. The molecule has 3 rings (SSSR count). The Morgan fingerprint density at radius 3 is 2.81 bits per heavy atom. The van der Waals surface area contributed by atoms with E-state index in [-0.39, 0.29) is 24.9 Å². The molecular formula is C19H25FN4O3. The Morgan fingerprint density at radius 2 is 2.15 bits per heavy atom. The number of hydrogen-bond donors (Lipinski definition) is 2. The first-order valence-corrected chi connectivity index (χ1v) is 8.96. The molecule has 146 valence electrons. The van der Waals surface area contributed by atoms with Gasteiger partial charge in [0.1, 0.15) is 23.8 Å². The third-order valence-electron chi connectivity index (χ3n) is 4.61. The van der Waals surface area contributed by atoms with Crippen LogP contribution in [0.2, 0.25) is 0 Å². The summed E-state index contributed by atoms with van der Waals surface area (Å²) in [6.07, 6.45) is 3.12. The molecule has 1 aromatic heterocycles. The van der Waals surface area contributed by atoms with E-state index in [1.807, 2.05) is 11.8 Å². The van der Waals surface area contributed by atoms with Crippen molar-refractivity contribution in [2.75, 3.05) is 31.6 Å². The number of aliphatic hydroxyl groups is 1. The monoisotopic (exact) mass is 376 g/mol. The van der Waals surface area contributed by atoms with E-state index in [1.54, 1.807) is 17.9 Å². The van der Waals surface area contributed by atoms with Crippen LogP contribution >= 0.6 is 0 Å². The minimum atomic E-state index is -1.04. The third-order valence-corrected chi connectivity index (χ3v) is 4.61.